The third-order valence-electron chi connectivity index (χ3n) is 2.90. The lowest BCUT2D eigenvalue weighted by atomic mass is 10.2. The number of hydrogen-bond donors (Lipinski definition) is 1. The van der Waals surface area contributed by atoms with Crippen LogP contribution in [0.25, 0.3) is 0 Å². The summed E-state index contributed by atoms with van der Waals surface area (Å²) >= 11 is 0. The average molecular weight is 273 g/mol. The van der Waals surface area contributed by atoms with Gasteiger partial charge in [-0.15, -0.1) is 12.4 Å². The maximum Gasteiger partial charge on any atom is 0.237 e. The molecule has 0 radical (unpaired) electrons. The summed E-state index contributed by atoms with van der Waals surface area (Å²) in [4.78, 5) is 13.8. The van der Waals surface area contributed by atoms with E-state index in [-0.39, 0.29) is 24.1 Å². The van der Waals surface area contributed by atoms with Crippen molar-refractivity contribution in [3.8, 4) is 0 Å². The molecule has 1 aliphatic rings. The first-order valence-corrected chi connectivity index (χ1v) is 5.89. The van der Waals surface area contributed by atoms with Crippen LogP contribution >= 0.6 is 12.4 Å². The number of carbonyl (C=O) groups excluding carboxylic acids is 1. The maximum atomic E-state index is 12.8. The van der Waals surface area contributed by atoms with Crippen molar-refractivity contribution in [2.75, 3.05) is 13.6 Å². The normalized spacial score (nSPS) is 13.9. The molecule has 100 valence electrons. The molecule has 0 spiro atoms. The van der Waals surface area contributed by atoms with Crippen LogP contribution < -0.4 is 5.32 Å². The number of nitrogens with one attached hydrogen (secondary N) is 1. The number of halogens is 2. The number of amides is 1. The Hall–Kier alpha value is -1.13. The van der Waals surface area contributed by atoms with Gasteiger partial charge in [-0.3, -0.25) is 4.79 Å². The van der Waals surface area contributed by atoms with Gasteiger partial charge in [-0.05, 0) is 37.6 Å². The quantitative estimate of drug-likeness (QED) is 0.889. The summed E-state index contributed by atoms with van der Waals surface area (Å²) in [5.41, 5.74) is 0.975. The van der Waals surface area contributed by atoms with Crippen LogP contribution in [0.1, 0.15) is 18.4 Å². The number of benzene rings is 1. The lowest BCUT2D eigenvalue weighted by Crippen LogP contribution is -2.38. The predicted molar refractivity (Wildman–Crippen MR) is 71.1 cm³/mol. The number of rotatable bonds is 5. The fourth-order valence-corrected chi connectivity index (χ4v) is 1.85. The van der Waals surface area contributed by atoms with Crippen LogP contribution in [0.15, 0.2) is 24.3 Å². The Morgan fingerprint density at radius 3 is 2.50 bits per heavy atom. The van der Waals surface area contributed by atoms with Gasteiger partial charge >= 0.3 is 0 Å². The second-order valence-corrected chi connectivity index (χ2v) is 4.41. The third-order valence-corrected chi connectivity index (χ3v) is 2.90. The van der Waals surface area contributed by atoms with Gasteiger partial charge in [-0.25, -0.2) is 4.39 Å². The molecule has 0 heterocycles. The van der Waals surface area contributed by atoms with Crippen molar-refractivity contribution in [2.45, 2.75) is 25.4 Å². The Bertz CT molecular complexity index is 392. The first kappa shape index (κ1) is 14.9. The third kappa shape index (κ3) is 3.96. The molecule has 1 aromatic carbocycles. The minimum absolute atomic E-state index is 0. The van der Waals surface area contributed by atoms with Crippen LogP contribution in [0.5, 0.6) is 0 Å². The summed E-state index contributed by atoms with van der Waals surface area (Å²) < 4.78 is 12.8. The molecule has 0 saturated heterocycles. The van der Waals surface area contributed by atoms with Crippen molar-refractivity contribution in [3.63, 3.8) is 0 Å². The highest BCUT2D eigenvalue weighted by Crippen LogP contribution is 2.28. The van der Waals surface area contributed by atoms with Gasteiger partial charge < -0.3 is 10.2 Å². The Morgan fingerprint density at radius 1 is 1.39 bits per heavy atom. The average Bonchev–Trinajstić information content (AvgIpc) is 3.12. The van der Waals surface area contributed by atoms with Gasteiger partial charge in [0.05, 0.1) is 6.54 Å². The van der Waals surface area contributed by atoms with Crippen molar-refractivity contribution >= 4 is 18.3 Å². The first-order chi connectivity index (χ1) is 8.20. The van der Waals surface area contributed by atoms with Crippen molar-refractivity contribution in [1.82, 2.24) is 10.2 Å². The largest absolute Gasteiger partial charge is 0.334 e. The minimum Gasteiger partial charge on any atom is -0.334 e. The van der Waals surface area contributed by atoms with E-state index in [4.69, 9.17) is 0 Å². The Morgan fingerprint density at radius 2 is 2.00 bits per heavy atom. The SMILES string of the molecule is CNCC(=O)N(Cc1ccc(F)cc1)C1CC1.Cl. The van der Waals surface area contributed by atoms with E-state index >= 15 is 0 Å². The van der Waals surface area contributed by atoms with E-state index in [1.54, 1.807) is 19.2 Å². The topological polar surface area (TPSA) is 32.3 Å². The van der Waals surface area contributed by atoms with Crippen LogP contribution in [0.3, 0.4) is 0 Å². The minimum atomic E-state index is -0.242. The van der Waals surface area contributed by atoms with Crippen molar-refractivity contribution in [3.05, 3.63) is 35.6 Å². The van der Waals surface area contributed by atoms with Crippen LogP contribution in [0.4, 0.5) is 4.39 Å². The molecule has 1 N–H and O–H groups in total. The molecule has 2 rings (SSSR count). The van der Waals surface area contributed by atoms with Gasteiger partial charge in [0.15, 0.2) is 0 Å². The van der Waals surface area contributed by atoms with E-state index in [1.807, 2.05) is 4.90 Å². The first-order valence-electron chi connectivity index (χ1n) is 5.89. The Labute approximate surface area is 113 Å². The van der Waals surface area contributed by atoms with E-state index in [1.165, 1.54) is 12.1 Å². The monoisotopic (exact) mass is 272 g/mol. The second-order valence-electron chi connectivity index (χ2n) is 4.41. The number of carbonyl (C=O) groups is 1. The van der Waals surface area contributed by atoms with Crippen LogP contribution in [0.2, 0.25) is 0 Å². The molecule has 1 aliphatic carbocycles. The molecule has 1 aromatic rings. The predicted octanol–water partition coefficient (Wildman–Crippen LogP) is 1.96. The number of likely N-dealkylation sites (N-methyl/N-ethyl adjacent to an activating group) is 1. The molecular weight excluding hydrogens is 255 g/mol. The molecule has 1 saturated carbocycles. The summed E-state index contributed by atoms with van der Waals surface area (Å²) in [7, 11) is 1.76. The highest BCUT2D eigenvalue weighted by atomic mass is 35.5. The van der Waals surface area contributed by atoms with Crippen LogP contribution in [-0.4, -0.2) is 30.4 Å². The molecule has 1 fully saturated rings. The fraction of sp³-hybridized carbons (Fsp3) is 0.462. The summed E-state index contributed by atoms with van der Waals surface area (Å²) in [6.07, 6.45) is 2.16. The van der Waals surface area contributed by atoms with Gasteiger partial charge in [-0.2, -0.15) is 0 Å². The Kier molecular flexibility index (Phi) is 5.56. The molecule has 5 heteroatoms. The maximum absolute atomic E-state index is 12.8. The number of nitrogens with zero attached hydrogens (tertiary/aromatic N) is 1. The highest BCUT2D eigenvalue weighted by Gasteiger charge is 2.31. The van der Waals surface area contributed by atoms with E-state index in [0.717, 1.165) is 18.4 Å². The summed E-state index contributed by atoms with van der Waals surface area (Å²) in [6, 6.07) is 6.71. The molecule has 1 amide bonds. The zero-order valence-electron chi connectivity index (χ0n) is 10.4. The molecule has 0 aromatic heterocycles. The fourth-order valence-electron chi connectivity index (χ4n) is 1.85. The van der Waals surface area contributed by atoms with E-state index in [0.29, 0.717) is 19.1 Å². The molecule has 0 bridgehead atoms. The van der Waals surface area contributed by atoms with Gasteiger partial charge in [0.1, 0.15) is 5.82 Å². The standard InChI is InChI=1S/C13H17FN2O.ClH/c1-15-8-13(17)16(12-6-7-12)9-10-2-4-11(14)5-3-10;/h2-5,12,15H,6-9H2,1H3;1H. The van der Waals surface area contributed by atoms with E-state index in [2.05, 4.69) is 5.32 Å². The lowest BCUT2D eigenvalue weighted by Gasteiger charge is -2.22. The molecular formula is C13H18ClFN2O. The molecule has 18 heavy (non-hydrogen) atoms. The highest BCUT2D eigenvalue weighted by molar-refractivity contribution is 5.85. The van der Waals surface area contributed by atoms with Crippen molar-refractivity contribution < 1.29 is 9.18 Å². The van der Waals surface area contributed by atoms with E-state index < -0.39 is 0 Å². The van der Waals surface area contributed by atoms with Crippen molar-refractivity contribution in [2.24, 2.45) is 0 Å². The van der Waals surface area contributed by atoms with Gasteiger partial charge in [0.2, 0.25) is 5.91 Å². The zero-order chi connectivity index (χ0) is 12.3. The molecule has 0 unspecified atom stereocenters. The number of hydrogen-bond acceptors (Lipinski definition) is 2. The van der Waals surface area contributed by atoms with E-state index in [9.17, 15) is 9.18 Å². The van der Waals surface area contributed by atoms with Crippen LogP contribution in [-0.2, 0) is 11.3 Å². The summed E-state index contributed by atoms with van der Waals surface area (Å²) in [5, 5.41) is 2.87. The second kappa shape index (κ2) is 6.71. The van der Waals surface area contributed by atoms with Gasteiger partial charge in [0, 0.05) is 12.6 Å². The van der Waals surface area contributed by atoms with Crippen LogP contribution in [0, 0.1) is 5.82 Å². The molecule has 0 aliphatic heterocycles. The zero-order valence-corrected chi connectivity index (χ0v) is 11.2. The summed E-state index contributed by atoms with van der Waals surface area (Å²) in [6.45, 7) is 0.934. The molecule has 0 atom stereocenters. The smallest absolute Gasteiger partial charge is 0.237 e. The summed E-state index contributed by atoms with van der Waals surface area (Å²) in [5.74, 6) is -0.132. The lowest BCUT2D eigenvalue weighted by molar-refractivity contribution is -0.131. The van der Waals surface area contributed by atoms with Gasteiger partial charge in [0.25, 0.3) is 0 Å². The Balaban J connectivity index is 0.00000162. The molecule has 3 nitrogen and oxygen atoms in total. The van der Waals surface area contributed by atoms with Crippen molar-refractivity contribution in [1.29, 1.82) is 0 Å². The van der Waals surface area contributed by atoms with Gasteiger partial charge in [-0.1, -0.05) is 12.1 Å².